The molecule has 0 aliphatic rings. The van der Waals surface area contributed by atoms with Crippen molar-refractivity contribution in [1.29, 1.82) is 5.26 Å². The Kier molecular flexibility index (Phi) is 7.37. The first-order chi connectivity index (χ1) is 10.1. The monoisotopic (exact) mass is 290 g/mol. The Morgan fingerprint density at radius 2 is 1.95 bits per heavy atom. The van der Waals surface area contributed by atoms with E-state index in [2.05, 4.69) is 30.1 Å². The zero-order valence-corrected chi connectivity index (χ0v) is 12.6. The first-order valence-corrected chi connectivity index (χ1v) is 7.22. The van der Waals surface area contributed by atoms with E-state index in [9.17, 15) is 15.4 Å². The standard InChI is InChI=1S/C15H22N4O2/c1-3-18(4-2)11-5-10-17-15(12-16)13-6-8-14(9-7-13)19(20)21/h6-9,15,17H,3-5,10-11H2,1-2H3. The van der Waals surface area contributed by atoms with Gasteiger partial charge in [0.15, 0.2) is 0 Å². The Bertz CT molecular complexity index is 477. The normalized spacial score (nSPS) is 12.1. The molecule has 0 amide bonds. The molecule has 21 heavy (non-hydrogen) atoms. The lowest BCUT2D eigenvalue weighted by Gasteiger charge is -2.18. The molecule has 1 atom stereocenters. The molecule has 1 unspecified atom stereocenters. The Morgan fingerprint density at radius 3 is 2.43 bits per heavy atom. The number of hydrogen-bond donors (Lipinski definition) is 1. The maximum Gasteiger partial charge on any atom is 0.269 e. The summed E-state index contributed by atoms with van der Waals surface area (Å²) in [6.45, 7) is 8.06. The molecule has 114 valence electrons. The summed E-state index contributed by atoms with van der Waals surface area (Å²) >= 11 is 0. The fourth-order valence-electron chi connectivity index (χ4n) is 2.12. The summed E-state index contributed by atoms with van der Waals surface area (Å²) in [5.41, 5.74) is 0.794. The van der Waals surface area contributed by atoms with Gasteiger partial charge in [0.2, 0.25) is 0 Å². The smallest absolute Gasteiger partial charge is 0.269 e. The fraction of sp³-hybridized carbons (Fsp3) is 0.533. The molecule has 6 heteroatoms. The molecular formula is C15H22N4O2. The van der Waals surface area contributed by atoms with Gasteiger partial charge in [0.1, 0.15) is 6.04 Å². The van der Waals surface area contributed by atoms with Gasteiger partial charge < -0.3 is 4.90 Å². The van der Waals surface area contributed by atoms with E-state index in [-0.39, 0.29) is 5.69 Å². The number of hydrogen-bond acceptors (Lipinski definition) is 5. The molecule has 1 aromatic carbocycles. The minimum Gasteiger partial charge on any atom is -0.304 e. The molecule has 1 N–H and O–H groups in total. The minimum atomic E-state index is -0.442. The van der Waals surface area contributed by atoms with Gasteiger partial charge in [-0.1, -0.05) is 13.8 Å². The van der Waals surface area contributed by atoms with Crippen molar-refractivity contribution in [1.82, 2.24) is 10.2 Å². The third kappa shape index (κ3) is 5.50. The van der Waals surface area contributed by atoms with Gasteiger partial charge in [-0.3, -0.25) is 15.4 Å². The summed E-state index contributed by atoms with van der Waals surface area (Å²) < 4.78 is 0. The lowest BCUT2D eigenvalue weighted by atomic mass is 10.1. The average Bonchev–Trinajstić information content (AvgIpc) is 2.51. The van der Waals surface area contributed by atoms with E-state index in [0.29, 0.717) is 0 Å². The van der Waals surface area contributed by atoms with Crippen LogP contribution in [0.5, 0.6) is 0 Å². The van der Waals surface area contributed by atoms with Crippen LogP contribution in [0.2, 0.25) is 0 Å². The molecule has 0 bridgehead atoms. The summed E-state index contributed by atoms with van der Waals surface area (Å²) in [5, 5.41) is 23.0. The van der Waals surface area contributed by atoms with E-state index < -0.39 is 11.0 Å². The van der Waals surface area contributed by atoms with E-state index >= 15 is 0 Å². The maximum absolute atomic E-state index is 10.6. The molecule has 6 nitrogen and oxygen atoms in total. The van der Waals surface area contributed by atoms with E-state index in [0.717, 1.165) is 38.2 Å². The summed E-state index contributed by atoms with van der Waals surface area (Å²) in [5.74, 6) is 0. The van der Waals surface area contributed by atoms with Crippen LogP contribution in [0.1, 0.15) is 31.9 Å². The molecule has 0 spiro atoms. The zero-order chi connectivity index (χ0) is 15.7. The van der Waals surface area contributed by atoms with Crippen molar-refractivity contribution in [2.75, 3.05) is 26.2 Å². The number of nitro groups is 1. The quantitative estimate of drug-likeness (QED) is 0.429. The highest BCUT2D eigenvalue weighted by Gasteiger charge is 2.12. The lowest BCUT2D eigenvalue weighted by molar-refractivity contribution is -0.384. The van der Waals surface area contributed by atoms with Crippen molar-refractivity contribution in [3.63, 3.8) is 0 Å². The van der Waals surface area contributed by atoms with Crippen molar-refractivity contribution in [2.24, 2.45) is 0 Å². The Labute approximate surface area is 125 Å². The van der Waals surface area contributed by atoms with Crippen LogP contribution in [0.25, 0.3) is 0 Å². The molecular weight excluding hydrogens is 268 g/mol. The third-order valence-corrected chi connectivity index (χ3v) is 3.46. The molecule has 0 aliphatic heterocycles. The predicted molar refractivity (Wildman–Crippen MR) is 81.9 cm³/mol. The molecule has 0 aromatic heterocycles. The number of nitrogens with one attached hydrogen (secondary N) is 1. The van der Waals surface area contributed by atoms with Gasteiger partial charge in [0, 0.05) is 12.1 Å². The molecule has 0 radical (unpaired) electrons. The average molecular weight is 290 g/mol. The third-order valence-electron chi connectivity index (χ3n) is 3.46. The largest absolute Gasteiger partial charge is 0.304 e. The highest BCUT2D eigenvalue weighted by Crippen LogP contribution is 2.17. The topological polar surface area (TPSA) is 82.2 Å². The molecule has 0 heterocycles. The van der Waals surface area contributed by atoms with E-state index in [4.69, 9.17) is 0 Å². The second kappa shape index (κ2) is 9.06. The molecule has 1 rings (SSSR count). The summed E-state index contributed by atoms with van der Waals surface area (Å²) in [6, 6.07) is 7.87. The molecule has 0 saturated carbocycles. The fourth-order valence-corrected chi connectivity index (χ4v) is 2.12. The Hall–Kier alpha value is -1.97. The summed E-state index contributed by atoms with van der Waals surface area (Å²) in [4.78, 5) is 12.5. The predicted octanol–water partition coefficient (Wildman–Crippen LogP) is 2.48. The van der Waals surface area contributed by atoms with Crippen molar-refractivity contribution < 1.29 is 4.92 Å². The van der Waals surface area contributed by atoms with Crippen LogP contribution in [0.3, 0.4) is 0 Å². The van der Waals surface area contributed by atoms with Gasteiger partial charge >= 0.3 is 0 Å². The molecule has 1 aromatic rings. The first-order valence-electron chi connectivity index (χ1n) is 7.22. The van der Waals surface area contributed by atoms with Crippen LogP contribution in [0.4, 0.5) is 5.69 Å². The van der Waals surface area contributed by atoms with Gasteiger partial charge in [-0.2, -0.15) is 5.26 Å². The van der Waals surface area contributed by atoms with Gasteiger partial charge in [0.05, 0.1) is 11.0 Å². The van der Waals surface area contributed by atoms with Gasteiger partial charge in [-0.05, 0) is 50.3 Å². The van der Waals surface area contributed by atoms with Crippen LogP contribution in [-0.2, 0) is 0 Å². The van der Waals surface area contributed by atoms with Crippen LogP contribution in [0.15, 0.2) is 24.3 Å². The first kappa shape index (κ1) is 17.1. The second-order valence-electron chi connectivity index (χ2n) is 4.75. The lowest BCUT2D eigenvalue weighted by Crippen LogP contribution is -2.28. The number of rotatable bonds is 9. The number of nitro benzene ring substituents is 1. The highest BCUT2D eigenvalue weighted by atomic mass is 16.6. The summed E-state index contributed by atoms with van der Waals surface area (Å²) in [6.07, 6.45) is 0.965. The minimum absolute atomic E-state index is 0.0389. The van der Waals surface area contributed by atoms with Crippen LogP contribution >= 0.6 is 0 Å². The highest BCUT2D eigenvalue weighted by molar-refractivity contribution is 5.35. The summed E-state index contributed by atoms with van der Waals surface area (Å²) in [7, 11) is 0. The SMILES string of the molecule is CCN(CC)CCCNC(C#N)c1ccc([N+](=O)[O-])cc1. The second-order valence-corrected chi connectivity index (χ2v) is 4.75. The number of non-ortho nitro benzene ring substituents is 1. The number of nitrogens with zero attached hydrogens (tertiary/aromatic N) is 3. The van der Waals surface area contributed by atoms with Crippen molar-refractivity contribution in [3.8, 4) is 6.07 Å². The molecule has 0 saturated heterocycles. The number of nitriles is 1. The van der Waals surface area contributed by atoms with Crippen molar-refractivity contribution >= 4 is 5.69 Å². The van der Waals surface area contributed by atoms with Gasteiger partial charge in [-0.25, -0.2) is 0 Å². The van der Waals surface area contributed by atoms with Gasteiger partial charge in [-0.15, -0.1) is 0 Å². The van der Waals surface area contributed by atoms with Crippen LogP contribution in [-0.4, -0.2) is 36.0 Å². The molecule has 0 fully saturated rings. The van der Waals surface area contributed by atoms with Crippen molar-refractivity contribution in [3.05, 3.63) is 39.9 Å². The Morgan fingerprint density at radius 1 is 1.33 bits per heavy atom. The zero-order valence-electron chi connectivity index (χ0n) is 12.6. The maximum atomic E-state index is 10.6. The van der Waals surface area contributed by atoms with E-state index in [1.807, 2.05) is 0 Å². The van der Waals surface area contributed by atoms with Crippen molar-refractivity contribution in [2.45, 2.75) is 26.3 Å². The van der Waals surface area contributed by atoms with E-state index in [1.165, 1.54) is 12.1 Å². The number of benzene rings is 1. The van der Waals surface area contributed by atoms with Crippen LogP contribution in [0, 0.1) is 21.4 Å². The Balaban J connectivity index is 2.48. The van der Waals surface area contributed by atoms with Gasteiger partial charge in [0.25, 0.3) is 5.69 Å². The van der Waals surface area contributed by atoms with E-state index in [1.54, 1.807) is 12.1 Å². The molecule has 0 aliphatic carbocycles. The van der Waals surface area contributed by atoms with Crippen LogP contribution < -0.4 is 5.32 Å².